The summed E-state index contributed by atoms with van der Waals surface area (Å²) < 4.78 is 23.7. The Morgan fingerprint density at radius 1 is 1.17 bits per heavy atom. The second-order valence-electron chi connectivity index (χ2n) is 4.65. The smallest absolute Gasteiger partial charge is 0.265 e. The van der Waals surface area contributed by atoms with Crippen molar-refractivity contribution in [1.29, 1.82) is 0 Å². The van der Waals surface area contributed by atoms with Crippen molar-refractivity contribution >= 4 is 17.8 Å². The number of nitrogens with zero attached hydrogens (tertiary/aromatic N) is 1. The summed E-state index contributed by atoms with van der Waals surface area (Å²) in [4.78, 5) is 16.6. The van der Waals surface area contributed by atoms with Crippen LogP contribution in [0, 0.1) is 5.82 Å². The third-order valence-corrected chi connectivity index (χ3v) is 3.03. The van der Waals surface area contributed by atoms with Gasteiger partial charge in [-0.2, -0.15) is 0 Å². The minimum Gasteiger partial charge on any atom is -0.493 e. The Bertz CT molecular complexity index is 734. The maximum Gasteiger partial charge on any atom is 0.265 e. The summed E-state index contributed by atoms with van der Waals surface area (Å²) in [6.45, 7) is -0.335. The number of carbonyl (C=O) groups is 1. The predicted molar refractivity (Wildman–Crippen MR) is 88.1 cm³/mol. The van der Waals surface area contributed by atoms with E-state index in [4.69, 9.17) is 14.3 Å². The minimum atomic E-state index is -0.514. The molecule has 0 bridgehead atoms. The van der Waals surface area contributed by atoms with E-state index in [0.717, 1.165) is 0 Å². The van der Waals surface area contributed by atoms with E-state index < -0.39 is 11.7 Å². The highest BCUT2D eigenvalue weighted by atomic mass is 19.1. The number of oxime groups is 1. The first kappa shape index (κ1) is 17.3. The highest BCUT2D eigenvalue weighted by Gasteiger charge is 2.06. The van der Waals surface area contributed by atoms with Crippen LogP contribution in [0.15, 0.2) is 47.6 Å². The van der Waals surface area contributed by atoms with Crippen LogP contribution in [0.25, 0.3) is 0 Å². The van der Waals surface area contributed by atoms with E-state index in [-0.39, 0.29) is 12.3 Å². The Hall–Kier alpha value is -3.09. The molecule has 0 aromatic heterocycles. The van der Waals surface area contributed by atoms with Crippen molar-refractivity contribution in [3.63, 3.8) is 0 Å². The lowest BCUT2D eigenvalue weighted by Gasteiger charge is -2.07. The summed E-state index contributed by atoms with van der Waals surface area (Å²) in [7, 11) is 3.07. The molecule has 2 rings (SSSR count). The van der Waals surface area contributed by atoms with Crippen LogP contribution >= 0.6 is 0 Å². The van der Waals surface area contributed by atoms with Gasteiger partial charge in [0.1, 0.15) is 5.82 Å². The molecule has 0 aliphatic heterocycles. The molecule has 0 atom stereocenters. The van der Waals surface area contributed by atoms with Crippen LogP contribution in [0.3, 0.4) is 0 Å². The van der Waals surface area contributed by atoms with Gasteiger partial charge in [-0.1, -0.05) is 17.3 Å². The minimum absolute atomic E-state index is 0.0926. The van der Waals surface area contributed by atoms with E-state index >= 15 is 0 Å². The average molecular weight is 332 g/mol. The molecule has 1 amide bonds. The monoisotopic (exact) mass is 332 g/mol. The number of rotatable bonds is 7. The van der Waals surface area contributed by atoms with Crippen molar-refractivity contribution in [2.45, 2.75) is 0 Å². The third-order valence-electron chi connectivity index (χ3n) is 3.03. The van der Waals surface area contributed by atoms with Crippen molar-refractivity contribution in [2.75, 3.05) is 26.1 Å². The molecule has 0 saturated carbocycles. The van der Waals surface area contributed by atoms with Gasteiger partial charge in [-0.3, -0.25) is 4.79 Å². The van der Waals surface area contributed by atoms with E-state index in [1.165, 1.54) is 31.5 Å². The maximum atomic E-state index is 13.4. The second kappa shape index (κ2) is 8.52. The molecule has 0 spiro atoms. The summed E-state index contributed by atoms with van der Waals surface area (Å²) in [6.07, 6.45) is 1.43. The Balaban J connectivity index is 1.86. The number of anilines is 1. The van der Waals surface area contributed by atoms with Gasteiger partial charge in [-0.25, -0.2) is 4.39 Å². The van der Waals surface area contributed by atoms with Crippen LogP contribution in [0.5, 0.6) is 11.5 Å². The van der Waals surface area contributed by atoms with Crippen LogP contribution < -0.4 is 14.8 Å². The number of benzene rings is 2. The Morgan fingerprint density at radius 2 is 1.92 bits per heavy atom. The van der Waals surface area contributed by atoms with Crippen LogP contribution in [-0.4, -0.2) is 32.9 Å². The molecule has 0 aliphatic carbocycles. The van der Waals surface area contributed by atoms with Crippen molar-refractivity contribution < 1.29 is 23.5 Å². The van der Waals surface area contributed by atoms with E-state index in [2.05, 4.69) is 10.5 Å². The van der Waals surface area contributed by atoms with Gasteiger partial charge in [0, 0.05) is 5.56 Å². The van der Waals surface area contributed by atoms with E-state index in [1.54, 1.807) is 31.4 Å². The highest BCUT2D eigenvalue weighted by Crippen LogP contribution is 2.26. The molecule has 0 unspecified atom stereocenters. The number of amides is 1. The lowest BCUT2D eigenvalue weighted by atomic mass is 10.2. The molecule has 1 N–H and O–H groups in total. The lowest BCUT2D eigenvalue weighted by molar-refractivity contribution is -0.120. The Morgan fingerprint density at radius 3 is 2.62 bits per heavy atom. The summed E-state index contributed by atoms with van der Waals surface area (Å²) in [5.74, 6) is 0.128. The van der Waals surface area contributed by atoms with Crippen molar-refractivity contribution in [2.24, 2.45) is 5.16 Å². The zero-order valence-corrected chi connectivity index (χ0v) is 13.3. The first-order valence-electron chi connectivity index (χ1n) is 7.05. The number of halogens is 1. The van der Waals surface area contributed by atoms with Crippen LogP contribution in [0.4, 0.5) is 10.1 Å². The van der Waals surface area contributed by atoms with Crippen LogP contribution in [0.1, 0.15) is 5.56 Å². The largest absolute Gasteiger partial charge is 0.493 e. The van der Waals surface area contributed by atoms with Gasteiger partial charge >= 0.3 is 0 Å². The summed E-state index contributed by atoms with van der Waals surface area (Å²) in [5.41, 5.74) is 0.803. The fraction of sp³-hybridized carbons (Fsp3) is 0.176. The zero-order chi connectivity index (χ0) is 17.4. The molecule has 7 heteroatoms. The quantitative estimate of drug-likeness (QED) is 0.625. The maximum absolute atomic E-state index is 13.4. The zero-order valence-electron chi connectivity index (χ0n) is 13.3. The molecule has 126 valence electrons. The number of methoxy groups -OCH3 is 2. The Labute approximate surface area is 138 Å². The average Bonchev–Trinajstić information content (AvgIpc) is 2.60. The first-order chi connectivity index (χ1) is 11.6. The van der Waals surface area contributed by atoms with E-state index in [0.29, 0.717) is 17.1 Å². The normalized spacial score (nSPS) is 10.5. The molecule has 2 aromatic rings. The molecule has 0 radical (unpaired) electrons. The van der Waals surface area contributed by atoms with Gasteiger partial charge in [0.25, 0.3) is 5.91 Å². The number of ether oxygens (including phenoxy) is 2. The summed E-state index contributed by atoms with van der Waals surface area (Å²) in [6, 6.07) is 11.1. The van der Waals surface area contributed by atoms with Gasteiger partial charge in [0.2, 0.25) is 0 Å². The number of nitrogens with one attached hydrogen (secondary N) is 1. The van der Waals surface area contributed by atoms with Crippen LogP contribution in [-0.2, 0) is 9.63 Å². The van der Waals surface area contributed by atoms with Crippen molar-refractivity contribution in [3.05, 3.63) is 53.8 Å². The predicted octanol–water partition coefficient (Wildman–Crippen LogP) is 2.83. The number of hydrogen-bond donors (Lipinski definition) is 1. The van der Waals surface area contributed by atoms with Gasteiger partial charge < -0.3 is 19.6 Å². The SMILES string of the molecule is COc1ccc(/C=N\OCC(=O)Nc2ccccc2F)cc1OC. The van der Waals surface area contributed by atoms with Gasteiger partial charge in [-0.15, -0.1) is 0 Å². The van der Waals surface area contributed by atoms with Crippen molar-refractivity contribution in [1.82, 2.24) is 0 Å². The first-order valence-corrected chi connectivity index (χ1v) is 7.05. The molecule has 0 heterocycles. The molecular weight excluding hydrogens is 315 g/mol. The fourth-order valence-corrected chi connectivity index (χ4v) is 1.88. The number of carbonyl (C=O) groups excluding carboxylic acids is 1. The molecule has 24 heavy (non-hydrogen) atoms. The molecule has 2 aromatic carbocycles. The second-order valence-corrected chi connectivity index (χ2v) is 4.65. The number of hydrogen-bond acceptors (Lipinski definition) is 5. The molecule has 0 fully saturated rings. The molecule has 6 nitrogen and oxygen atoms in total. The molecular formula is C17H17FN2O4. The van der Waals surface area contributed by atoms with Gasteiger partial charge in [0.15, 0.2) is 18.1 Å². The Kier molecular flexibility index (Phi) is 6.13. The standard InChI is InChI=1S/C17H17FN2O4/c1-22-15-8-7-12(9-16(15)23-2)10-19-24-11-17(21)20-14-6-4-3-5-13(14)18/h3-10H,11H2,1-2H3,(H,20,21)/b19-10-. The molecule has 0 aliphatic rings. The highest BCUT2D eigenvalue weighted by molar-refractivity contribution is 5.91. The van der Waals surface area contributed by atoms with E-state index in [9.17, 15) is 9.18 Å². The fourth-order valence-electron chi connectivity index (χ4n) is 1.88. The van der Waals surface area contributed by atoms with Gasteiger partial charge in [-0.05, 0) is 30.3 Å². The lowest BCUT2D eigenvalue weighted by Crippen LogP contribution is -2.17. The molecule has 0 saturated heterocycles. The number of para-hydroxylation sites is 1. The summed E-state index contributed by atoms with van der Waals surface area (Å²) in [5, 5.41) is 6.09. The third kappa shape index (κ3) is 4.70. The topological polar surface area (TPSA) is 69.2 Å². The van der Waals surface area contributed by atoms with Crippen molar-refractivity contribution in [3.8, 4) is 11.5 Å². The van der Waals surface area contributed by atoms with Crippen LogP contribution in [0.2, 0.25) is 0 Å². The van der Waals surface area contributed by atoms with Gasteiger partial charge in [0.05, 0.1) is 26.1 Å². The van der Waals surface area contributed by atoms with E-state index in [1.807, 2.05) is 0 Å². The summed E-state index contributed by atoms with van der Waals surface area (Å²) >= 11 is 0.